The summed E-state index contributed by atoms with van der Waals surface area (Å²) in [7, 11) is 1.79. The minimum absolute atomic E-state index is 0.203. The lowest BCUT2D eigenvalue weighted by molar-refractivity contribution is 0.0151. The van der Waals surface area contributed by atoms with Gasteiger partial charge in [0.2, 0.25) is 0 Å². The van der Waals surface area contributed by atoms with Crippen molar-refractivity contribution in [1.82, 2.24) is 5.32 Å². The lowest BCUT2D eigenvalue weighted by Gasteiger charge is -2.39. The standard InChI is InChI=1S/C18H19NO2/c1-20-13-10-12(11-13)19-18-14-6-2-4-8-16(14)21-17-9-5-3-7-15(17)18/h2-9,12-13,18-19H,10-11H2,1H3. The van der Waals surface area contributed by atoms with Crippen LogP contribution in [-0.4, -0.2) is 19.3 Å². The van der Waals surface area contributed by atoms with Gasteiger partial charge in [0.15, 0.2) is 0 Å². The van der Waals surface area contributed by atoms with Crippen LogP contribution in [0, 0.1) is 0 Å². The van der Waals surface area contributed by atoms with Crippen LogP contribution in [0.1, 0.15) is 30.0 Å². The second-order valence-corrected chi connectivity index (χ2v) is 5.80. The number of nitrogens with one attached hydrogen (secondary N) is 1. The molecule has 1 aliphatic carbocycles. The summed E-state index contributed by atoms with van der Waals surface area (Å²) in [5.74, 6) is 1.91. The predicted molar refractivity (Wildman–Crippen MR) is 81.8 cm³/mol. The molecule has 1 aliphatic heterocycles. The van der Waals surface area contributed by atoms with Crippen LogP contribution in [0.15, 0.2) is 48.5 Å². The quantitative estimate of drug-likeness (QED) is 0.931. The van der Waals surface area contributed by atoms with Gasteiger partial charge < -0.3 is 14.8 Å². The minimum atomic E-state index is 0.203. The second kappa shape index (κ2) is 5.17. The maximum Gasteiger partial charge on any atom is 0.132 e. The van der Waals surface area contributed by atoms with Crippen molar-refractivity contribution in [3.8, 4) is 11.5 Å². The third-order valence-electron chi connectivity index (χ3n) is 4.51. The Morgan fingerprint density at radius 3 is 2.10 bits per heavy atom. The minimum Gasteiger partial charge on any atom is -0.457 e. The molecule has 2 aromatic rings. The fourth-order valence-electron chi connectivity index (χ4n) is 3.22. The predicted octanol–water partition coefficient (Wildman–Crippen LogP) is 3.65. The van der Waals surface area contributed by atoms with E-state index in [1.165, 1.54) is 11.1 Å². The number of rotatable bonds is 3. The summed E-state index contributed by atoms with van der Waals surface area (Å²) in [6.07, 6.45) is 2.57. The molecule has 2 aromatic carbocycles. The lowest BCUT2D eigenvalue weighted by Crippen LogP contribution is -2.47. The maximum atomic E-state index is 6.02. The Labute approximate surface area is 124 Å². The van der Waals surface area contributed by atoms with E-state index in [9.17, 15) is 0 Å². The Kier molecular flexibility index (Phi) is 3.17. The van der Waals surface area contributed by atoms with E-state index in [0.717, 1.165) is 24.3 Å². The van der Waals surface area contributed by atoms with E-state index >= 15 is 0 Å². The topological polar surface area (TPSA) is 30.5 Å². The summed E-state index contributed by atoms with van der Waals surface area (Å²) >= 11 is 0. The number of para-hydroxylation sites is 2. The number of ether oxygens (including phenoxy) is 2. The molecule has 108 valence electrons. The molecule has 0 radical (unpaired) electrons. The van der Waals surface area contributed by atoms with Gasteiger partial charge in [0.1, 0.15) is 11.5 Å². The molecule has 1 heterocycles. The van der Waals surface area contributed by atoms with E-state index in [0.29, 0.717) is 12.1 Å². The summed E-state index contributed by atoms with van der Waals surface area (Å²) in [5.41, 5.74) is 2.44. The number of fused-ring (bicyclic) bond motifs is 2. The maximum absolute atomic E-state index is 6.02. The highest BCUT2D eigenvalue weighted by Crippen LogP contribution is 2.43. The number of methoxy groups -OCH3 is 1. The van der Waals surface area contributed by atoms with Crippen molar-refractivity contribution in [2.75, 3.05) is 7.11 Å². The molecule has 0 saturated heterocycles. The van der Waals surface area contributed by atoms with Crippen LogP contribution in [0.25, 0.3) is 0 Å². The van der Waals surface area contributed by atoms with Crippen LogP contribution in [0.3, 0.4) is 0 Å². The smallest absolute Gasteiger partial charge is 0.132 e. The van der Waals surface area contributed by atoms with Crippen molar-refractivity contribution in [3.05, 3.63) is 59.7 Å². The third-order valence-corrected chi connectivity index (χ3v) is 4.51. The molecule has 3 heteroatoms. The zero-order chi connectivity index (χ0) is 14.2. The third kappa shape index (κ3) is 2.23. The van der Waals surface area contributed by atoms with Crippen molar-refractivity contribution in [3.63, 3.8) is 0 Å². The Hall–Kier alpha value is -1.84. The van der Waals surface area contributed by atoms with Gasteiger partial charge in [-0.15, -0.1) is 0 Å². The van der Waals surface area contributed by atoms with E-state index in [1.807, 2.05) is 24.3 Å². The van der Waals surface area contributed by atoms with Gasteiger partial charge in [0.05, 0.1) is 12.1 Å². The molecule has 0 unspecified atom stereocenters. The van der Waals surface area contributed by atoms with Gasteiger partial charge in [-0.3, -0.25) is 0 Å². The van der Waals surface area contributed by atoms with Crippen LogP contribution >= 0.6 is 0 Å². The van der Waals surface area contributed by atoms with Crippen LogP contribution in [0.4, 0.5) is 0 Å². The van der Waals surface area contributed by atoms with Crippen molar-refractivity contribution in [1.29, 1.82) is 0 Å². The Morgan fingerprint density at radius 2 is 1.52 bits per heavy atom. The van der Waals surface area contributed by atoms with Crippen molar-refractivity contribution in [2.45, 2.75) is 31.0 Å². The molecule has 0 amide bonds. The fraction of sp³-hybridized carbons (Fsp3) is 0.333. The van der Waals surface area contributed by atoms with Crippen LogP contribution in [0.5, 0.6) is 11.5 Å². The Bertz CT molecular complexity index is 604. The summed E-state index contributed by atoms with van der Waals surface area (Å²) < 4.78 is 11.4. The summed E-state index contributed by atoms with van der Waals surface area (Å²) in [6, 6.07) is 17.3. The summed E-state index contributed by atoms with van der Waals surface area (Å²) in [6.45, 7) is 0. The molecule has 0 aromatic heterocycles. The molecule has 0 spiro atoms. The molecule has 0 bridgehead atoms. The zero-order valence-electron chi connectivity index (χ0n) is 12.1. The van der Waals surface area contributed by atoms with Gasteiger partial charge in [-0.1, -0.05) is 36.4 Å². The van der Waals surface area contributed by atoms with Crippen LogP contribution in [0.2, 0.25) is 0 Å². The van der Waals surface area contributed by atoms with E-state index in [1.54, 1.807) is 7.11 Å². The van der Waals surface area contributed by atoms with Gasteiger partial charge in [0.25, 0.3) is 0 Å². The number of hydrogen-bond acceptors (Lipinski definition) is 3. The number of benzene rings is 2. The van der Waals surface area contributed by atoms with Crippen molar-refractivity contribution >= 4 is 0 Å². The molecule has 4 rings (SSSR count). The van der Waals surface area contributed by atoms with E-state index in [2.05, 4.69) is 29.6 Å². The normalized spacial score (nSPS) is 23.7. The molecule has 1 saturated carbocycles. The summed E-state index contributed by atoms with van der Waals surface area (Å²) in [4.78, 5) is 0. The Morgan fingerprint density at radius 1 is 0.952 bits per heavy atom. The van der Waals surface area contributed by atoms with Crippen LogP contribution < -0.4 is 10.1 Å². The molecule has 21 heavy (non-hydrogen) atoms. The van der Waals surface area contributed by atoms with E-state index in [4.69, 9.17) is 9.47 Å². The van der Waals surface area contributed by atoms with E-state index < -0.39 is 0 Å². The molecule has 1 N–H and O–H groups in total. The highest BCUT2D eigenvalue weighted by atomic mass is 16.5. The van der Waals surface area contributed by atoms with Gasteiger partial charge in [-0.2, -0.15) is 0 Å². The van der Waals surface area contributed by atoms with E-state index in [-0.39, 0.29) is 6.04 Å². The molecule has 2 aliphatic rings. The number of hydrogen-bond donors (Lipinski definition) is 1. The SMILES string of the molecule is COC1CC(NC2c3ccccc3Oc3ccccc32)C1. The first kappa shape index (κ1) is 12.9. The van der Waals surface area contributed by atoms with Crippen molar-refractivity contribution in [2.24, 2.45) is 0 Å². The first-order valence-electron chi connectivity index (χ1n) is 7.49. The van der Waals surface area contributed by atoms with Gasteiger partial charge in [-0.25, -0.2) is 0 Å². The first-order valence-corrected chi connectivity index (χ1v) is 7.49. The van der Waals surface area contributed by atoms with Gasteiger partial charge in [0, 0.05) is 24.3 Å². The molecule has 0 atom stereocenters. The highest BCUT2D eigenvalue weighted by Gasteiger charge is 2.34. The van der Waals surface area contributed by atoms with Gasteiger partial charge >= 0.3 is 0 Å². The summed E-state index contributed by atoms with van der Waals surface area (Å²) in [5, 5.41) is 3.77. The largest absolute Gasteiger partial charge is 0.457 e. The Balaban J connectivity index is 1.65. The first-order chi connectivity index (χ1) is 10.3. The van der Waals surface area contributed by atoms with Gasteiger partial charge in [-0.05, 0) is 25.0 Å². The van der Waals surface area contributed by atoms with Crippen molar-refractivity contribution < 1.29 is 9.47 Å². The average Bonchev–Trinajstić information content (AvgIpc) is 2.49. The fourth-order valence-corrected chi connectivity index (χ4v) is 3.22. The zero-order valence-corrected chi connectivity index (χ0v) is 12.1. The highest BCUT2D eigenvalue weighted by molar-refractivity contribution is 5.53. The second-order valence-electron chi connectivity index (χ2n) is 5.80. The monoisotopic (exact) mass is 281 g/mol. The molecular formula is C18H19NO2. The lowest BCUT2D eigenvalue weighted by atomic mass is 9.86. The van der Waals surface area contributed by atoms with Crippen LogP contribution in [-0.2, 0) is 4.74 Å². The molecule has 1 fully saturated rings. The molecular weight excluding hydrogens is 262 g/mol. The average molecular weight is 281 g/mol. The molecule has 3 nitrogen and oxygen atoms in total.